The number of imidazole rings is 1. The van der Waals surface area contributed by atoms with Gasteiger partial charge in [0.05, 0.1) is 25.0 Å². The number of carbonyl (C=O) groups is 1. The number of aryl methyl sites for hydroxylation is 2. The normalized spacial score (nSPS) is 12.4. The van der Waals surface area contributed by atoms with E-state index in [0.29, 0.717) is 52.4 Å². The first-order valence-corrected chi connectivity index (χ1v) is 13.0. The standard InChI is InChI=1S/C27H34FN3O4S/c1-7-11-24-29-22(8-2)25(26(32)35-6)30(24)17-19-15-14-18(16-21(19)28)20-12-9-10-13-23(20)31(36(33)34)27(3,4)5/h9-10,12-16H,7-8,11,17H2,1-6H3,(H,33,34)/p-1. The summed E-state index contributed by atoms with van der Waals surface area (Å²) < 4.78 is 47.7. The second-order valence-corrected chi connectivity index (χ2v) is 10.3. The van der Waals surface area contributed by atoms with Crippen molar-refractivity contribution in [1.82, 2.24) is 9.55 Å². The summed E-state index contributed by atoms with van der Waals surface area (Å²) in [5, 5.41) is 0. The molecule has 1 heterocycles. The number of carbonyl (C=O) groups excluding carboxylic acids is 1. The van der Waals surface area contributed by atoms with Gasteiger partial charge in [-0.05, 0) is 51.3 Å². The van der Waals surface area contributed by atoms with Gasteiger partial charge < -0.3 is 13.9 Å². The number of halogens is 1. The van der Waals surface area contributed by atoms with Crippen molar-refractivity contribution >= 4 is 22.9 Å². The van der Waals surface area contributed by atoms with Gasteiger partial charge in [0.2, 0.25) is 0 Å². The Labute approximate surface area is 214 Å². The third-order valence-electron chi connectivity index (χ3n) is 5.88. The molecule has 1 atom stereocenters. The maximum atomic E-state index is 15.5. The summed E-state index contributed by atoms with van der Waals surface area (Å²) in [5.74, 6) is -0.249. The van der Waals surface area contributed by atoms with E-state index < -0.39 is 28.6 Å². The van der Waals surface area contributed by atoms with Gasteiger partial charge >= 0.3 is 5.97 Å². The Morgan fingerprint density at radius 3 is 2.44 bits per heavy atom. The van der Waals surface area contributed by atoms with E-state index in [2.05, 4.69) is 4.98 Å². The molecule has 9 heteroatoms. The van der Waals surface area contributed by atoms with Gasteiger partial charge in [0.25, 0.3) is 0 Å². The fourth-order valence-corrected chi connectivity index (χ4v) is 5.05. The molecule has 0 aliphatic heterocycles. The maximum Gasteiger partial charge on any atom is 0.356 e. The molecule has 2 aromatic carbocycles. The van der Waals surface area contributed by atoms with Crippen molar-refractivity contribution in [2.24, 2.45) is 0 Å². The molecule has 0 N–H and O–H groups in total. The molecule has 0 radical (unpaired) electrons. The fraction of sp³-hybridized carbons (Fsp3) is 0.407. The van der Waals surface area contributed by atoms with Crippen molar-refractivity contribution in [2.75, 3.05) is 11.4 Å². The molecular formula is C27H33FN3O4S-. The number of rotatable bonds is 9. The van der Waals surface area contributed by atoms with Gasteiger partial charge in [-0.25, -0.2) is 14.2 Å². The number of nitrogens with zero attached hydrogens (tertiary/aromatic N) is 3. The average Bonchev–Trinajstić information content (AvgIpc) is 3.16. The molecule has 0 saturated heterocycles. The molecule has 0 saturated carbocycles. The molecule has 0 fully saturated rings. The van der Waals surface area contributed by atoms with Crippen molar-refractivity contribution in [3.05, 3.63) is 71.1 Å². The summed E-state index contributed by atoms with van der Waals surface area (Å²) in [5.41, 5.74) is 2.26. The Hall–Kier alpha value is -3.04. The highest BCUT2D eigenvalue weighted by atomic mass is 32.2. The predicted molar refractivity (Wildman–Crippen MR) is 139 cm³/mol. The van der Waals surface area contributed by atoms with Gasteiger partial charge in [-0.15, -0.1) is 0 Å². The van der Waals surface area contributed by atoms with Crippen LogP contribution in [-0.2, 0) is 35.4 Å². The zero-order valence-corrected chi connectivity index (χ0v) is 22.4. The van der Waals surface area contributed by atoms with Crippen LogP contribution >= 0.6 is 0 Å². The number of hydrogen-bond donors (Lipinski definition) is 0. The topological polar surface area (TPSA) is 87.5 Å². The lowest BCUT2D eigenvalue weighted by Crippen LogP contribution is -2.42. The summed E-state index contributed by atoms with van der Waals surface area (Å²) in [6, 6.07) is 11.9. The molecule has 36 heavy (non-hydrogen) atoms. The van der Waals surface area contributed by atoms with Crippen molar-refractivity contribution in [3.8, 4) is 11.1 Å². The lowest BCUT2D eigenvalue weighted by atomic mass is 9.99. The molecule has 0 aliphatic carbocycles. The second kappa shape index (κ2) is 11.3. The van der Waals surface area contributed by atoms with E-state index in [1.54, 1.807) is 61.7 Å². The minimum absolute atomic E-state index is 0.124. The van der Waals surface area contributed by atoms with Crippen LogP contribution in [0.3, 0.4) is 0 Å². The second-order valence-electron chi connectivity index (χ2n) is 9.51. The van der Waals surface area contributed by atoms with E-state index >= 15 is 4.39 Å². The Balaban J connectivity index is 2.07. The number of hydrogen-bond acceptors (Lipinski definition) is 5. The Kier molecular flexibility index (Phi) is 8.68. The van der Waals surface area contributed by atoms with Crippen LogP contribution in [0.25, 0.3) is 11.1 Å². The van der Waals surface area contributed by atoms with E-state index in [9.17, 15) is 13.6 Å². The van der Waals surface area contributed by atoms with Crippen LogP contribution in [0.2, 0.25) is 0 Å². The van der Waals surface area contributed by atoms with Crippen LogP contribution < -0.4 is 4.31 Å². The zero-order valence-electron chi connectivity index (χ0n) is 21.6. The van der Waals surface area contributed by atoms with Gasteiger partial charge in [-0.1, -0.05) is 44.2 Å². The quantitative estimate of drug-likeness (QED) is 0.280. The van der Waals surface area contributed by atoms with Crippen molar-refractivity contribution in [3.63, 3.8) is 0 Å². The largest absolute Gasteiger partial charge is 0.755 e. The van der Waals surface area contributed by atoms with Crippen LogP contribution in [0.4, 0.5) is 10.1 Å². The summed E-state index contributed by atoms with van der Waals surface area (Å²) in [7, 11) is 1.32. The highest BCUT2D eigenvalue weighted by molar-refractivity contribution is 7.80. The molecule has 7 nitrogen and oxygen atoms in total. The van der Waals surface area contributed by atoms with Gasteiger partial charge in [0, 0.05) is 34.4 Å². The van der Waals surface area contributed by atoms with E-state index in [0.717, 1.165) is 6.42 Å². The average molecular weight is 515 g/mol. The number of esters is 1. The summed E-state index contributed by atoms with van der Waals surface area (Å²) in [4.78, 5) is 17.2. The predicted octanol–water partition coefficient (Wildman–Crippen LogP) is 5.44. The number of benzene rings is 2. The van der Waals surface area contributed by atoms with E-state index in [4.69, 9.17) is 4.74 Å². The van der Waals surface area contributed by atoms with Gasteiger partial charge in [0.1, 0.15) is 11.6 Å². The van der Waals surface area contributed by atoms with Gasteiger partial charge in [0.15, 0.2) is 5.69 Å². The number of para-hydroxylation sites is 1. The Morgan fingerprint density at radius 2 is 1.89 bits per heavy atom. The van der Waals surface area contributed by atoms with Crippen LogP contribution in [0.1, 0.15) is 68.6 Å². The minimum Gasteiger partial charge on any atom is -0.755 e. The molecule has 194 valence electrons. The van der Waals surface area contributed by atoms with E-state index in [-0.39, 0.29) is 6.54 Å². The first-order valence-electron chi connectivity index (χ1n) is 12.0. The number of ether oxygens (including phenoxy) is 1. The molecular weight excluding hydrogens is 481 g/mol. The maximum absolute atomic E-state index is 15.5. The zero-order chi connectivity index (χ0) is 26.6. The smallest absolute Gasteiger partial charge is 0.356 e. The molecule has 1 unspecified atom stereocenters. The Bertz CT molecular complexity index is 1270. The summed E-state index contributed by atoms with van der Waals surface area (Å²) >= 11 is -2.52. The minimum atomic E-state index is -2.52. The summed E-state index contributed by atoms with van der Waals surface area (Å²) in [6.45, 7) is 9.45. The molecule has 0 spiro atoms. The third-order valence-corrected chi connectivity index (χ3v) is 6.92. The van der Waals surface area contributed by atoms with Gasteiger partial charge in [-0.2, -0.15) is 0 Å². The van der Waals surface area contributed by atoms with Crippen molar-refractivity contribution in [1.29, 1.82) is 0 Å². The van der Waals surface area contributed by atoms with Gasteiger partial charge in [-0.3, -0.25) is 8.51 Å². The first-order chi connectivity index (χ1) is 17.0. The highest BCUT2D eigenvalue weighted by Gasteiger charge is 2.26. The van der Waals surface area contributed by atoms with Crippen LogP contribution in [0.5, 0.6) is 0 Å². The molecule has 0 aliphatic rings. The number of methoxy groups -OCH3 is 1. The molecule has 3 rings (SSSR count). The fourth-order valence-electron chi connectivity index (χ4n) is 4.28. The van der Waals surface area contributed by atoms with Crippen LogP contribution in [0.15, 0.2) is 42.5 Å². The first kappa shape index (κ1) is 27.5. The number of anilines is 1. The Morgan fingerprint density at radius 1 is 1.19 bits per heavy atom. The SMILES string of the molecule is CCCc1nc(CC)c(C(=O)OC)n1Cc1ccc(-c2ccccc2N(S(=O)[O-])C(C)(C)C)cc1F. The van der Waals surface area contributed by atoms with E-state index in [1.165, 1.54) is 17.5 Å². The lowest BCUT2D eigenvalue weighted by Gasteiger charge is -2.39. The van der Waals surface area contributed by atoms with Crippen LogP contribution in [0, 0.1) is 5.82 Å². The van der Waals surface area contributed by atoms with Crippen LogP contribution in [-0.4, -0.2) is 36.9 Å². The van der Waals surface area contributed by atoms with E-state index in [1.807, 2.05) is 13.8 Å². The summed E-state index contributed by atoms with van der Waals surface area (Å²) in [6.07, 6.45) is 2.02. The molecule has 0 bridgehead atoms. The lowest BCUT2D eigenvalue weighted by molar-refractivity contribution is 0.0587. The third kappa shape index (κ3) is 5.68. The number of aromatic nitrogens is 2. The highest BCUT2D eigenvalue weighted by Crippen LogP contribution is 2.36. The molecule has 3 aromatic rings. The molecule has 0 amide bonds. The monoisotopic (exact) mass is 514 g/mol. The van der Waals surface area contributed by atoms with Crippen molar-refractivity contribution in [2.45, 2.75) is 66.0 Å². The molecule has 1 aromatic heterocycles. The van der Waals surface area contributed by atoms with Crippen molar-refractivity contribution < 1.29 is 22.7 Å².